The SMILES string of the molecule is Cc1ccc(O)c(-c2nc(-c3ccccc3Cl)no2)c1. The highest BCUT2D eigenvalue weighted by atomic mass is 35.5. The van der Waals surface area contributed by atoms with E-state index in [9.17, 15) is 5.11 Å². The monoisotopic (exact) mass is 286 g/mol. The molecule has 0 unspecified atom stereocenters. The van der Waals surface area contributed by atoms with Crippen molar-refractivity contribution in [3.8, 4) is 28.6 Å². The molecule has 0 saturated carbocycles. The van der Waals surface area contributed by atoms with Crippen molar-refractivity contribution in [3.63, 3.8) is 0 Å². The number of aryl methyl sites for hydroxylation is 1. The number of nitrogens with zero attached hydrogens (tertiary/aromatic N) is 2. The van der Waals surface area contributed by atoms with Crippen molar-refractivity contribution in [2.75, 3.05) is 0 Å². The minimum atomic E-state index is 0.102. The van der Waals surface area contributed by atoms with Crippen LogP contribution in [-0.2, 0) is 0 Å². The Morgan fingerprint density at radius 2 is 1.90 bits per heavy atom. The number of aromatic hydroxyl groups is 1. The molecule has 0 aliphatic carbocycles. The topological polar surface area (TPSA) is 59.2 Å². The van der Waals surface area contributed by atoms with Crippen molar-refractivity contribution in [2.24, 2.45) is 0 Å². The van der Waals surface area contributed by atoms with E-state index in [1.807, 2.05) is 31.2 Å². The normalized spacial score (nSPS) is 10.7. The molecule has 0 atom stereocenters. The van der Waals surface area contributed by atoms with Gasteiger partial charge in [0.15, 0.2) is 0 Å². The van der Waals surface area contributed by atoms with Gasteiger partial charge in [0, 0.05) is 5.56 Å². The van der Waals surface area contributed by atoms with Gasteiger partial charge in [0.2, 0.25) is 5.82 Å². The molecule has 5 heteroatoms. The fraction of sp³-hybridized carbons (Fsp3) is 0.0667. The predicted molar refractivity (Wildman–Crippen MR) is 76.6 cm³/mol. The van der Waals surface area contributed by atoms with Crippen molar-refractivity contribution in [1.29, 1.82) is 0 Å². The Balaban J connectivity index is 2.07. The number of aromatic nitrogens is 2. The van der Waals surface area contributed by atoms with E-state index < -0.39 is 0 Å². The minimum Gasteiger partial charge on any atom is -0.507 e. The molecule has 0 aliphatic rings. The molecule has 0 aliphatic heterocycles. The summed E-state index contributed by atoms with van der Waals surface area (Å²) in [7, 11) is 0. The van der Waals surface area contributed by atoms with Crippen molar-refractivity contribution >= 4 is 11.6 Å². The van der Waals surface area contributed by atoms with Crippen molar-refractivity contribution in [3.05, 3.63) is 53.1 Å². The van der Waals surface area contributed by atoms with Crippen LogP contribution in [0.4, 0.5) is 0 Å². The highest BCUT2D eigenvalue weighted by Crippen LogP contribution is 2.31. The average molecular weight is 287 g/mol. The van der Waals surface area contributed by atoms with Gasteiger partial charge in [0.05, 0.1) is 10.6 Å². The molecule has 0 saturated heterocycles. The van der Waals surface area contributed by atoms with Crippen LogP contribution >= 0.6 is 11.6 Å². The van der Waals surface area contributed by atoms with Gasteiger partial charge in [-0.25, -0.2) is 0 Å². The molecule has 1 aromatic heterocycles. The first-order valence-corrected chi connectivity index (χ1v) is 6.41. The van der Waals surface area contributed by atoms with Crippen LogP contribution in [0.3, 0.4) is 0 Å². The van der Waals surface area contributed by atoms with E-state index in [4.69, 9.17) is 16.1 Å². The molecule has 3 rings (SSSR count). The summed E-state index contributed by atoms with van der Waals surface area (Å²) < 4.78 is 5.22. The molecule has 4 nitrogen and oxygen atoms in total. The van der Waals surface area contributed by atoms with E-state index in [-0.39, 0.29) is 11.6 Å². The van der Waals surface area contributed by atoms with E-state index in [0.717, 1.165) is 5.56 Å². The molecule has 0 fully saturated rings. The third-order valence-electron chi connectivity index (χ3n) is 2.92. The van der Waals surface area contributed by atoms with Crippen molar-refractivity contribution < 1.29 is 9.63 Å². The number of phenols is 1. The first-order chi connectivity index (χ1) is 9.65. The molecule has 0 radical (unpaired) electrons. The number of phenolic OH excluding ortho intramolecular Hbond substituents is 1. The van der Waals surface area contributed by atoms with Crippen LogP contribution in [0.2, 0.25) is 5.02 Å². The fourth-order valence-electron chi connectivity index (χ4n) is 1.91. The van der Waals surface area contributed by atoms with E-state index in [1.165, 1.54) is 0 Å². The molecule has 1 N–H and O–H groups in total. The Kier molecular flexibility index (Phi) is 3.16. The Bertz CT molecular complexity index is 768. The lowest BCUT2D eigenvalue weighted by molar-refractivity contribution is 0.425. The number of hydrogen-bond donors (Lipinski definition) is 1. The van der Waals surface area contributed by atoms with Gasteiger partial charge in [-0.3, -0.25) is 0 Å². The second-order valence-corrected chi connectivity index (χ2v) is 4.83. The van der Waals surface area contributed by atoms with Gasteiger partial charge in [-0.2, -0.15) is 4.98 Å². The highest BCUT2D eigenvalue weighted by molar-refractivity contribution is 6.33. The fourth-order valence-corrected chi connectivity index (χ4v) is 2.13. The number of benzene rings is 2. The van der Waals surface area contributed by atoms with Gasteiger partial charge in [-0.15, -0.1) is 0 Å². The van der Waals surface area contributed by atoms with E-state index in [2.05, 4.69) is 10.1 Å². The van der Waals surface area contributed by atoms with Crippen LogP contribution in [0.5, 0.6) is 5.75 Å². The Morgan fingerprint density at radius 1 is 1.10 bits per heavy atom. The van der Waals surface area contributed by atoms with Crippen molar-refractivity contribution in [2.45, 2.75) is 6.92 Å². The van der Waals surface area contributed by atoms with E-state index >= 15 is 0 Å². The third-order valence-corrected chi connectivity index (χ3v) is 3.25. The summed E-state index contributed by atoms with van der Waals surface area (Å²) in [6.45, 7) is 1.92. The number of hydrogen-bond acceptors (Lipinski definition) is 4. The van der Waals surface area contributed by atoms with Gasteiger partial charge in [0.1, 0.15) is 5.75 Å². The van der Waals surface area contributed by atoms with Crippen LogP contribution in [-0.4, -0.2) is 15.2 Å². The Hall–Kier alpha value is -2.33. The summed E-state index contributed by atoms with van der Waals surface area (Å²) in [5.41, 5.74) is 2.20. The maximum absolute atomic E-state index is 9.87. The summed E-state index contributed by atoms with van der Waals surface area (Å²) in [5, 5.41) is 14.3. The van der Waals surface area contributed by atoms with Gasteiger partial charge in [0.25, 0.3) is 5.89 Å². The third kappa shape index (κ3) is 2.26. The minimum absolute atomic E-state index is 0.102. The zero-order valence-electron chi connectivity index (χ0n) is 10.7. The van der Waals surface area contributed by atoms with Crippen LogP contribution < -0.4 is 0 Å². The lowest BCUT2D eigenvalue weighted by atomic mass is 10.1. The van der Waals surface area contributed by atoms with Gasteiger partial charge >= 0.3 is 0 Å². The lowest BCUT2D eigenvalue weighted by Crippen LogP contribution is -1.83. The molecule has 20 heavy (non-hydrogen) atoms. The lowest BCUT2D eigenvalue weighted by Gasteiger charge is -2.00. The largest absolute Gasteiger partial charge is 0.507 e. The van der Waals surface area contributed by atoms with Gasteiger partial charge in [-0.1, -0.05) is 40.5 Å². The molecule has 0 amide bonds. The van der Waals surface area contributed by atoms with Gasteiger partial charge in [-0.05, 0) is 31.2 Å². The molecular formula is C15H11ClN2O2. The quantitative estimate of drug-likeness (QED) is 0.771. The van der Waals surface area contributed by atoms with Crippen LogP contribution in [0.25, 0.3) is 22.8 Å². The average Bonchev–Trinajstić information content (AvgIpc) is 2.91. The van der Waals surface area contributed by atoms with Gasteiger partial charge < -0.3 is 9.63 Å². The van der Waals surface area contributed by atoms with Crippen LogP contribution in [0.1, 0.15) is 5.56 Å². The molecule has 3 aromatic rings. The molecule has 0 spiro atoms. The standard InChI is InChI=1S/C15H11ClN2O2/c1-9-6-7-13(19)11(8-9)15-17-14(18-20-15)10-4-2-3-5-12(10)16/h2-8,19H,1H3. The van der Waals surface area contributed by atoms with Crippen LogP contribution in [0, 0.1) is 6.92 Å². The number of rotatable bonds is 2. The van der Waals surface area contributed by atoms with Crippen molar-refractivity contribution in [1.82, 2.24) is 10.1 Å². The first kappa shape index (κ1) is 12.7. The Morgan fingerprint density at radius 3 is 2.70 bits per heavy atom. The van der Waals surface area contributed by atoms with E-state index in [1.54, 1.807) is 18.2 Å². The number of halogens is 1. The summed E-state index contributed by atoms with van der Waals surface area (Å²) in [5.74, 6) is 0.762. The summed E-state index contributed by atoms with van der Waals surface area (Å²) in [4.78, 5) is 4.29. The molecular weight excluding hydrogens is 276 g/mol. The summed E-state index contributed by atoms with van der Waals surface area (Å²) >= 11 is 6.10. The predicted octanol–water partition coefficient (Wildman–Crippen LogP) is 4.07. The molecule has 1 heterocycles. The second-order valence-electron chi connectivity index (χ2n) is 4.42. The maximum Gasteiger partial charge on any atom is 0.262 e. The van der Waals surface area contributed by atoms with Crippen LogP contribution in [0.15, 0.2) is 47.0 Å². The first-order valence-electron chi connectivity index (χ1n) is 6.04. The Labute approximate surface area is 120 Å². The molecule has 2 aromatic carbocycles. The zero-order chi connectivity index (χ0) is 14.1. The molecule has 0 bridgehead atoms. The zero-order valence-corrected chi connectivity index (χ0v) is 11.4. The molecule has 100 valence electrons. The highest BCUT2D eigenvalue weighted by Gasteiger charge is 2.15. The van der Waals surface area contributed by atoms with E-state index in [0.29, 0.717) is 22.0 Å². The second kappa shape index (κ2) is 4.98. The summed E-state index contributed by atoms with van der Waals surface area (Å²) in [6.07, 6.45) is 0. The maximum atomic E-state index is 9.87. The smallest absolute Gasteiger partial charge is 0.262 e. The summed E-state index contributed by atoms with van der Waals surface area (Å²) in [6, 6.07) is 12.5.